The van der Waals surface area contributed by atoms with Gasteiger partial charge in [-0.3, -0.25) is 4.79 Å². The van der Waals surface area contributed by atoms with Crippen LogP contribution in [0.15, 0.2) is 66.7 Å². The van der Waals surface area contributed by atoms with Crippen LogP contribution in [0, 0.1) is 5.92 Å². The Bertz CT molecular complexity index is 825. The Morgan fingerprint density at radius 2 is 1.73 bits per heavy atom. The third kappa shape index (κ3) is 3.27. The average Bonchev–Trinajstić information content (AvgIpc) is 3.10. The summed E-state index contributed by atoms with van der Waals surface area (Å²) in [5.41, 5.74) is 3.42. The zero-order valence-corrected chi connectivity index (χ0v) is 15.0. The van der Waals surface area contributed by atoms with Crippen LogP contribution < -0.4 is 0 Å². The van der Waals surface area contributed by atoms with Crippen LogP contribution in [0.5, 0.6) is 0 Å². The highest BCUT2D eigenvalue weighted by molar-refractivity contribution is 5.93. The topological polar surface area (TPSA) is 38.1 Å². The van der Waals surface area contributed by atoms with E-state index in [4.69, 9.17) is 0 Å². The quantitative estimate of drug-likeness (QED) is 0.687. The molecule has 4 nitrogen and oxygen atoms in total. The number of para-hydroxylation sites is 1. The van der Waals surface area contributed by atoms with Crippen LogP contribution in [-0.2, 0) is 0 Å². The zero-order valence-electron chi connectivity index (χ0n) is 15.0. The van der Waals surface area contributed by atoms with Crippen molar-refractivity contribution in [2.75, 3.05) is 13.6 Å². The van der Waals surface area contributed by atoms with Gasteiger partial charge in [-0.2, -0.15) is 5.10 Å². The maximum absolute atomic E-state index is 12.9. The summed E-state index contributed by atoms with van der Waals surface area (Å²) in [6.45, 7) is 0.817. The largest absolute Gasteiger partial charge is 0.340 e. The van der Waals surface area contributed by atoms with E-state index in [0.717, 1.165) is 23.5 Å². The van der Waals surface area contributed by atoms with E-state index in [1.54, 1.807) is 0 Å². The van der Waals surface area contributed by atoms with Gasteiger partial charge in [0.2, 0.25) is 0 Å². The van der Waals surface area contributed by atoms with Gasteiger partial charge in [0.1, 0.15) is 0 Å². The molecule has 0 N–H and O–H groups in total. The van der Waals surface area contributed by atoms with E-state index in [9.17, 15) is 4.79 Å². The highest BCUT2D eigenvalue weighted by Crippen LogP contribution is 2.28. The van der Waals surface area contributed by atoms with Crippen molar-refractivity contribution in [2.24, 2.45) is 5.92 Å². The van der Waals surface area contributed by atoms with Crippen molar-refractivity contribution >= 4 is 5.91 Å². The molecule has 1 saturated carbocycles. The first-order valence-electron chi connectivity index (χ1n) is 9.19. The van der Waals surface area contributed by atoms with E-state index in [-0.39, 0.29) is 5.91 Å². The van der Waals surface area contributed by atoms with Crippen molar-refractivity contribution in [3.8, 4) is 16.9 Å². The van der Waals surface area contributed by atoms with Crippen molar-refractivity contribution < 1.29 is 4.79 Å². The van der Waals surface area contributed by atoms with Crippen molar-refractivity contribution in [3.05, 3.63) is 72.4 Å². The van der Waals surface area contributed by atoms with E-state index in [0.29, 0.717) is 11.6 Å². The molecule has 0 bridgehead atoms. The molecule has 0 radical (unpaired) electrons. The third-order valence-electron chi connectivity index (χ3n) is 5.10. The predicted octanol–water partition coefficient (Wildman–Crippen LogP) is 4.41. The lowest BCUT2D eigenvalue weighted by Crippen LogP contribution is -2.34. The minimum Gasteiger partial charge on any atom is -0.340 e. The van der Waals surface area contributed by atoms with Gasteiger partial charge in [0.05, 0.1) is 11.4 Å². The van der Waals surface area contributed by atoms with E-state index in [2.05, 4.69) is 5.10 Å². The number of carbonyl (C=O) groups excluding carboxylic acids is 1. The Morgan fingerprint density at radius 3 is 2.35 bits per heavy atom. The first-order valence-corrected chi connectivity index (χ1v) is 9.19. The normalized spacial score (nSPS) is 14.0. The van der Waals surface area contributed by atoms with E-state index >= 15 is 0 Å². The molecule has 1 heterocycles. The maximum Gasteiger partial charge on any atom is 0.274 e. The van der Waals surface area contributed by atoms with Gasteiger partial charge in [0, 0.05) is 19.2 Å². The monoisotopic (exact) mass is 345 g/mol. The molecular formula is C22H23N3O. The molecule has 2 aromatic carbocycles. The summed E-state index contributed by atoms with van der Waals surface area (Å²) in [6.07, 6.45) is 3.74. The molecule has 1 aromatic heterocycles. The molecule has 3 aromatic rings. The number of hydrogen-bond donors (Lipinski definition) is 0. The van der Waals surface area contributed by atoms with Gasteiger partial charge in [-0.1, -0.05) is 55.0 Å². The van der Waals surface area contributed by atoms with E-state index in [1.807, 2.05) is 83.4 Å². The second-order valence-corrected chi connectivity index (χ2v) is 7.01. The molecule has 4 rings (SSSR count). The van der Waals surface area contributed by atoms with E-state index < -0.39 is 0 Å². The van der Waals surface area contributed by atoms with Crippen LogP contribution in [0.25, 0.3) is 16.9 Å². The summed E-state index contributed by atoms with van der Waals surface area (Å²) in [5.74, 6) is 0.637. The van der Waals surface area contributed by atoms with Crippen molar-refractivity contribution in [3.63, 3.8) is 0 Å². The van der Waals surface area contributed by atoms with Gasteiger partial charge in [0.15, 0.2) is 5.69 Å². The van der Waals surface area contributed by atoms with Gasteiger partial charge in [0.25, 0.3) is 5.91 Å². The molecule has 1 fully saturated rings. The van der Waals surface area contributed by atoms with Crippen LogP contribution in [0.1, 0.15) is 29.8 Å². The standard InChI is InChI=1S/C22H23N3O/c1-24(16-17-9-8-10-17)22(26)20-15-21(18-11-4-2-5-12-18)25(23-20)19-13-6-3-7-14-19/h2-7,11-15,17H,8-10,16H2,1H3. The number of carbonyl (C=O) groups is 1. The first kappa shape index (κ1) is 16.6. The lowest BCUT2D eigenvalue weighted by Gasteiger charge is -2.29. The number of amides is 1. The molecule has 132 valence electrons. The van der Waals surface area contributed by atoms with E-state index in [1.165, 1.54) is 19.3 Å². The van der Waals surface area contributed by atoms with Crippen LogP contribution in [0.4, 0.5) is 0 Å². The zero-order chi connectivity index (χ0) is 17.9. The fourth-order valence-corrected chi connectivity index (χ4v) is 3.41. The van der Waals surface area contributed by atoms with Crippen molar-refractivity contribution in [2.45, 2.75) is 19.3 Å². The van der Waals surface area contributed by atoms with Gasteiger partial charge < -0.3 is 4.90 Å². The fraction of sp³-hybridized carbons (Fsp3) is 0.273. The molecule has 26 heavy (non-hydrogen) atoms. The van der Waals surface area contributed by atoms with Crippen molar-refractivity contribution in [1.82, 2.24) is 14.7 Å². The summed E-state index contributed by atoms with van der Waals surface area (Å²) in [6, 6.07) is 21.9. The molecule has 1 amide bonds. The van der Waals surface area contributed by atoms with Gasteiger partial charge in [-0.05, 0) is 37.0 Å². The van der Waals surface area contributed by atoms with Crippen LogP contribution in [-0.4, -0.2) is 34.2 Å². The summed E-state index contributed by atoms with van der Waals surface area (Å²) in [5, 5.41) is 4.65. The van der Waals surface area contributed by atoms with Crippen LogP contribution >= 0.6 is 0 Å². The minimum atomic E-state index is -0.0104. The molecule has 0 atom stereocenters. The number of aromatic nitrogens is 2. The number of rotatable bonds is 5. The SMILES string of the molecule is CN(CC1CCC1)C(=O)c1cc(-c2ccccc2)n(-c2ccccc2)n1. The number of hydrogen-bond acceptors (Lipinski definition) is 2. The van der Waals surface area contributed by atoms with Gasteiger partial charge in [-0.15, -0.1) is 0 Å². The molecule has 4 heteroatoms. The van der Waals surface area contributed by atoms with Crippen LogP contribution in [0.2, 0.25) is 0 Å². The summed E-state index contributed by atoms with van der Waals surface area (Å²) >= 11 is 0. The molecule has 0 aliphatic heterocycles. The second kappa shape index (κ2) is 7.16. The number of benzene rings is 2. The smallest absolute Gasteiger partial charge is 0.274 e. The molecule has 0 spiro atoms. The summed E-state index contributed by atoms with van der Waals surface area (Å²) in [7, 11) is 1.88. The van der Waals surface area contributed by atoms with Gasteiger partial charge >= 0.3 is 0 Å². The minimum absolute atomic E-state index is 0.0104. The molecule has 0 unspecified atom stereocenters. The van der Waals surface area contributed by atoms with Gasteiger partial charge in [-0.25, -0.2) is 4.68 Å². The fourth-order valence-electron chi connectivity index (χ4n) is 3.41. The third-order valence-corrected chi connectivity index (χ3v) is 5.10. The Labute approximate surface area is 154 Å². The molecule has 0 saturated heterocycles. The Morgan fingerprint density at radius 1 is 1.08 bits per heavy atom. The average molecular weight is 345 g/mol. The second-order valence-electron chi connectivity index (χ2n) is 7.01. The highest BCUT2D eigenvalue weighted by Gasteiger charge is 2.24. The Kier molecular flexibility index (Phi) is 4.57. The van der Waals surface area contributed by atoms with Crippen molar-refractivity contribution in [1.29, 1.82) is 0 Å². The number of nitrogens with zero attached hydrogens (tertiary/aromatic N) is 3. The Hall–Kier alpha value is -2.88. The lowest BCUT2D eigenvalue weighted by atomic mass is 9.85. The summed E-state index contributed by atoms with van der Waals surface area (Å²) in [4.78, 5) is 14.7. The first-order chi connectivity index (χ1) is 12.7. The highest BCUT2D eigenvalue weighted by atomic mass is 16.2. The molecule has 1 aliphatic rings. The van der Waals surface area contributed by atoms with Crippen LogP contribution in [0.3, 0.4) is 0 Å². The predicted molar refractivity (Wildman–Crippen MR) is 103 cm³/mol. The maximum atomic E-state index is 12.9. The molecule has 1 aliphatic carbocycles. The molecular weight excluding hydrogens is 322 g/mol. The lowest BCUT2D eigenvalue weighted by molar-refractivity contribution is 0.0739. The Balaban J connectivity index is 1.70. The summed E-state index contributed by atoms with van der Waals surface area (Å²) < 4.78 is 1.86.